The number of hydrogen-bond acceptors (Lipinski definition) is 4. The van der Waals surface area contributed by atoms with Gasteiger partial charge in [-0.3, -0.25) is 4.79 Å². The highest BCUT2D eigenvalue weighted by molar-refractivity contribution is 5.87. The van der Waals surface area contributed by atoms with Gasteiger partial charge in [0.05, 0.1) is 12.1 Å². The van der Waals surface area contributed by atoms with Crippen LogP contribution >= 0.6 is 0 Å². The van der Waals surface area contributed by atoms with Crippen LogP contribution in [0, 0.1) is 12.7 Å². The van der Waals surface area contributed by atoms with Crippen molar-refractivity contribution < 1.29 is 9.18 Å². The minimum absolute atomic E-state index is 0.0419. The molecule has 1 fully saturated rings. The SMILES string of the molecule is Cc1c(F)ccc2cc([C@H](C)N)c(N3CCNC(=O)C3)nc12. The molecule has 3 rings (SSSR count). The summed E-state index contributed by atoms with van der Waals surface area (Å²) >= 11 is 0. The van der Waals surface area contributed by atoms with Gasteiger partial charge < -0.3 is 16.0 Å². The van der Waals surface area contributed by atoms with Crippen LogP contribution in [0.5, 0.6) is 0 Å². The van der Waals surface area contributed by atoms with Crippen molar-refractivity contribution in [2.75, 3.05) is 24.5 Å². The van der Waals surface area contributed by atoms with Crippen LogP contribution in [0.3, 0.4) is 0 Å². The first-order valence-corrected chi connectivity index (χ1v) is 7.34. The number of hydrogen-bond donors (Lipinski definition) is 2. The van der Waals surface area contributed by atoms with E-state index >= 15 is 0 Å². The van der Waals surface area contributed by atoms with Gasteiger partial charge in [-0.05, 0) is 32.0 Å². The van der Waals surface area contributed by atoms with Gasteiger partial charge in [0.25, 0.3) is 0 Å². The fourth-order valence-corrected chi connectivity index (χ4v) is 2.77. The van der Waals surface area contributed by atoms with Crippen molar-refractivity contribution in [2.24, 2.45) is 5.73 Å². The predicted molar refractivity (Wildman–Crippen MR) is 84.3 cm³/mol. The van der Waals surface area contributed by atoms with Crippen LogP contribution in [-0.2, 0) is 4.79 Å². The lowest BCUT2D eigenvalue weighted by atomic mass is 10.0. The van der Waals surface area contributed by atoms with Crippen LogP contribution in [0.2, 0.25) is 0 Å². The molecule has 1 aromatic heterocycles. The lowest BCUT2D eigenvalue weighted by Crippen LogP contribution is -2.48. The van der Waals surface area contributed by atoms with E-state index in [0.717, 1.165) is 10.9 Å². The van der Waals surface area contributed by atoms with Gasteiger partial charge in [0.1, 0.15) is 11.6 Å². The number of anilines is 1. The Morgan fingerprint density at radius 2 is 2.23 bits per heavy atom. The van der Waals surface area contributed by atoms with Gasteiger partial charge in [-0.15, -0.1) is 0 Å². The summed E-state index contributed by atoms with van der Waals surface area (Å²) < 4.78 is 13.8. The molecule has 2 aromatic rings. The van der Waals surface area contributed by atoms with Crippen LogP contribution in [0.1, 0.15) is 24.1 Å². The van der Waals surface area contributed by atoms with Gasteiger partial charge >= 0.3 is 0 Å². The molecule has 0 aliphatic carbocycles. The Bertz CT molecular complexity index is 744. The highest BCUT2D eigenvalue weighted by atomic mass is 19.1. The Morgan fingerprint density at radius 1 is 1.45 bits per heavy atom. The molecule has 116 valence electrons. The molecule has 5 nitrogen and oxygen atoms in total. The van der Waals surface area contributed by atoms with Gasteiger partial charge in [-0.1, -0.05) is 0 Å². The highest BCUT2D eigenvalue weighted by Gasteiger charge is 2.22. The summed E-state index contributed by atoms with van der Waals surface area (Å²) in [7, 11) is 0. The largest absolute Gasteiger partial charge is 0.353 e. The third-order valence-electron chi connectivity index (χ3n) is 4.01. The summed E-state index contributed by atoms with van der Waals surface area (Å²) in [6.45, 7) is 5.07. The van der Waals surface area contributed by atoms with Crippen LogP contribution < -0.4 is 16.0 Å². The zero-order valence-electron chi connectivity index (χ0n) is 12.7. The molecule has 0 unspecified atom stereocenters. The molecule has 2 heterocycles. The number of pyridine rings is 1. The van der Waals surface area contributed by atoms with Crippen molar-refractivity contribution in [1.29, 1.82) is 0 Å². The number of benzene rings is 1. The summed E-state index contributed by atoms with van der Waals surface area (Å²) in [6, 6.07) is 4.88. The van der Waals surface area contributed by atoms with Gasteiger partial charge in [0, 0.05) is 35.6 Å². The fraction of sp³-hybridized carbons (Fsp3) is 0.375. The van der Waals surface area contributed by atoms with Crippen molar-refractivity contribution in [3.63, 3.8) is 0 Å². The Morgan fingerprint density at radius 3 is 2.91 bits per heavy atom. The minimum Gasteiger partial charge on any atom is -0.353 e. The molecule has 0 spiro atoms. The van der Waals surface area contributed by atoms with E-state index in [1.807, 2.05) is 17.9 Å². The standard InChI is InChI=1S/C16H19FN4O/c1-9-13(17)4-3-11-7-12(10(2)18)16(20-15(9)11)21-6-5-19-14(22)8-21/h3-4,7,10H,5-6,8,18H2,1-2H3,(H,19,22)/t10-/m0/s1. The third-order valence-corrected chi connectivity index (χ3v) is 4.01. The second-order valence-corrected chi connectivity index (χ2v) is 5.71. The quantitative estimate of drug-likeness (QED) is 0.884. The molecule has 0 bridgehead atoms. The Labute approximate surface area is 128 Å². The second-order valence-electron chi connectivity index (χ2n) is 5.71. The van der Waals surface area contributed by atoms with E-state index in [0.29, 0.717) is 30.0 Å². The molecule has 0 radical (unpaired) electrons. The predicted octanol–water partition coefficient (Wildman–Crippen LogP) is 1.64. The number of carbonyl (C=O) groups is 1. The molecule has 1 aliphatic heterocycles. The maximum Gasteiger partial charge on any atom is 0.239 e. The van der Waals surface area contributed by atoms with Crippen molar-refractivity contribution in [3.8, 4) is 0 Å². The van der Waals surface area contributed by atoms with Gasteiger partial charge in [0.2, 0.25) is 5.91 Å². The monoisotopic (exact) mass is 302 g/mol. The van der Waals surface area contributed by atoms with Crippen molar-refractivity contribution in [1.82, 2.24) is 10.3 Å². The van der Waals surface area contributed by atoms with E-state index in [1.54, 1.807) is 13.0 Å². The summed E-state index contributed by atoms with van der Waals surface area (Å²) in [4.78, 5) is 18.2. The molecule has 6 heteroatoms. The summed E-state index contributed by atoms with van der Waals surface area (Å²) in [5.41, 5.74) is 8.07. The van der Waals surface area contributed by atoms with Gasteiger partial charge in [0.15, 0.2) is 0 Å². The molecule has 1 aromatic carbocycles. The second kappa shape index (κ2) is 5.53. The number of carbonyl (C=O) groups excluding carboxylic acids is 1. The average Bonchev–Trinajstić information content (AvgIpc) is 2.50. The number of nitrogens with zero attached hydrogens (tertiary/aromatic N) is 2. The van der Waals surface area contributed by atoms with Crippen molar-refractivity contribution in [2.45, 2.75) is 19.9 Å². The normalized spacial score (nSPS) is 16.7. The van der Waals surface area contributed by atoms with E-state index in [2.05, 4.69) is 10.3 Å². The first kappa shape index (κ1) is 14.7. The first-order chi connectivity index (χ1) is 10.5. The maximum atomic E-state index is 13.8. The van der Waals surface area contributed by atoms with E-state index in [-0.39, 0.29) is 24.3 Å². The smallest absolute Gasteiger partial charge is 0.239 e. The molecule has 0 saturated carbocycles. The van der Waals surface area contributed by atoms with Crippen molar-refractivity contribution in [3.05, 3.63) is 35.1 Å². The molecule has 3 N–H and O–H groups in total. The Kier molecular flexibility index (Phi) is 3.70. The first-order valence-electron chi connectivity index (χ1n) is 7.34. The van der Waals surface area contributed by atoms with Crippen LogP contribution in [0.25, 0.3) is 10.9 Å². The molecule has 1 saturated heterocycles. The van der Waals surface area contributed by atoms with Crippen LogP contribution in [0.15, 0.2) is 18.2 Å². The zero-order valence-corrected chi connectivity index (χ0v) is 12.7. The zero-order chi connectivity index (χ0) is 15.9. The third kappa shape index (κ3) is 2.50. The Balaban J connectivity index is 2.19. The lowest BCUT2D eigenvalue weighted by Gasteiger charge is -2.30. The highest BCUT2D eigenvalue weighted by Crippen LogP contribution is 2.30. The number of halogens is 1. The van der Waals surface area contributed by atoms with E-state index in [9.17, 15) is 9.18 Å². The van der Waals surface area contributed by atoms with E-state index < -0.39 is 0 Å². The van der Waals surface area contributed by atoms with Gasteiger partial charge in [-0.2, -0.15) is 0 Å². The van der Waals surface area contributed by atoms with Crippen molar-refractivity contribution >= 4 is 22.6 Å². The summed E-state index contributed by atoms with van der Waals surface area (Å²) in [6.07, 6.45) is 0. The number of aromatic nitrogens is 1. The molecule has 1 amide bonds. The summed E-state index contributed by atoms with van der Waals surface area (Å²) in [5.74, 6) is 0.349. The molecular weight excluding hydrogens is 283 g/mol. The Hall–Kier alpha value is -2.21. The number of fused-ring (bicyclic) bond motifs is 1. The number of nitrogens with one attached hydrogen (secondary N) is 1. The molecule has 22 heavy (non-hydrogen) atoms. The molecular formula is C16H19FN4O. The van der Waals surface area contributed by atoms with E-state index in [4.69, 9.17) is 5.73 Å². The molecule has 1 atom stereocenters. The van der Waals surface area contributed by atoms with Crippen LogP contribution in [-0.4, -0.2) is 30.5 Å². The lowest BCUT2D eigenvalue weighted by molar-refractivity contribution is -0.120. The van der Waals surface area contributed by atoms with Crippen LogP contribution in [0.4, 0.5) is 10.2 Å². The average molecular weight is 302 g/mol. The number of nitrogens with two attached hydrogens (primary N) is 1. The number of rotatable bonds is 2. The maximum absolute atomic E-state index is 13.8. The molecule has 1 aliphatic rings. The number of aryl methyl sites for hydroxylation is 1. The topological polar surface area (TPSA) is 71.2 Å². The van der Waals surface area contributed by atoms with E-state index in [1.165, 1.54) is 6.07 Å². The minimum atomic E-state index is -0.282. The number of piperazine rings is 1. The summed E-state index contributed by atoms with van der Waals surface area (Å²) in [5, 5.41) is 3.65. The fourth-order valence-electron chi connectivity index (χ4n) is 2.77. The number of amides is 1. The van der Waals surface area contributed by atoms with Gasteiger partial charge in [-0.25, -0.2) is 9.37 Å².